The van der Waals surface area contributed by atoms with Gasteiger partial charge in [0.1, 0.15) is 5.82 Å². The van der Waals surface area contributed by atoms with E-state index in [1.165, 1.54) is 18.5 Å². The maximum Gasteiger partial charge on any atom is 0.257 e. The van der Waals surface area contributed by atoms with Crippen molar-refractivity contribution in [1.29, 1.82) is 0 Å². The number of rotatable bonds is 4. The molecule has 0 radical (unpaired) electrons. The number of anilines is 2. The summed E-state index contributed by atoms with van der Waals surface area (Å²) < 4.78 is 26.9. The van der Waals surface area contributed by atoms with Crippen molar-refractivity contribution in [2.24, 2.45) is 0 Å². The summed E-state index contributed by atoms with van der Waals surface area (Å²) in [4.78, 5) is 16.2. The zero-order chi connectivity index (χ0) is 15.4. The molecule has 2 N–H and O–H groups in total. The van der Waals surface area contributed by atoms with Gasteiger partial charge in [-0.05, 0) is 35.0 Å². The third kappa shape index (κ3) is 3.55. The topological polar surface area (TPSA) is 54.0 Å². The molecule has 1 aromatic heterocycles. The second-order valence-electron chi connectivity index (χ2n) is 4.15. The van der Waals surface area contributed by atoms with Crippen molar-refractivity contribution in [3.63, 3.8) is 0 Å². The summed E-state index contributed by atoms with van der Waals surface area (Å²) in [5.74, 6) is -2.09. The lowest BCUT2D eigenvalue weighted by atomic mass is 10.2. The van der Waals surface area contributed by atoms with Crippen LogP contribution in [-0.2, 0) is 0 Å². The quantitative estimate of drug-likeness (QED) is 0.876. The molecule has 0 saturated heterocycles. The van der Waals surface area contributed by atoms with Crippen LogP contribution in [0.25, 0.3) is 0 Å². The number of nitrogens with zero attached hydrogens (tertiary/aromatic N) is 1. The van der Waals surface area contributed by atoms with E-state index < -0.39 is 17.5 Å². The Morgan fingerprint density at radius 3 is 2.81 bits per heavy atom. The van der Waals surface area contributed by atoms with Gasteiger partial charge in [0.2, 0.25) is 0 Å². The largest absolute Gasteiger partial charge is 0.383 e. The van der Waals surface area contributed by atoms with Gasteiger partial charge in [0.25, 0.3) is 5.91 Å². The number of hydrogen-bond donors (Lipinski definition) is 2. The fourth-order valence-corrected chi connectivity index (χ4v) is 2.27. The molecule has 0 fully saturated rings. The third-order valence-electron chi connectivity index (χ3n) is 2.68. The highest BCUT2D eigenvalue weighted by molar-refractivity contribution is 9.10. The summed E-state index contributed by atoms with van der Waals surface area (Å²) in [5.41, 5.74) is 0.749. The molecular formula is C14H12BrF2N3O. The van der Waals surface area contributed by atoms with Crippen molar-refractivity contribution in [2.75, 3.05) is 17.2 Å². The molecule has 4 nitrogen and oxygen atoms in total. The Labute approximate surface area is 128 Å². The first kappa shape index (κ1) is 15.4. The van der Waals surface area contributed by atoms with E-state index in [2.05, 4.69) is 31.5 Å². The van der Waals surface area contributed by atoms with Crippen LogP contribution in [0.4, 0.5) is 20.2 Å². The summed E-state index contributed by atoms with van der Waals surface area (Å²) in [5, 5.41) is 5.42. The van der Waals surface area contributed by atoms with Crippen LogP contribution in [0.3, 0.4) is 0 Å². The van der Waals surface area contributed by atoms with E-state index in [0.29, 0.717) is 23.9 Å². The van der Waals surface area contributed by atoms with Crippen molar-refractivity contribution >= 4 is 33.2 Å². The molecule has 0 spiro atoms. The number of amides is 1. The van der Waals surface area contributed by atoms with E-state index >= 15 is 0 Å². The van der Waals surface area contributed by atoms with E-state index in [0.717, 1.165) is 6.07 Å². The van der Waals surface area contributed by atoms with Gasteiger partial charge in [-0.1, -0.05) is 0 Å². The zero-order valence-electron chi connectivity index (χ0n) is 11.1. The van der Waals surface area contributed by atoms with Gasteiger partial charge >= 0.3 is 0 Å². The smallest absolute Gasteiger partial charge is 0.257 e. The van der Waals surface area contributed by atoms with Crippen LogP contribution in [0.5, 0.6) is 0 Å². The molecule has 1 aromatic carbocycles. The SMILES string of the molecule is CCNc1cnccc1C(=O)Nc1c(F)cc(F)cc1Br. The predicted molar refractivity (Wildman–Crippen MR) is 80.4 cm³/mol. The highest BCUT2D eigenvalue weighted by Crippen LogP contribution is 2.28. The number of aromatic nitrogens is 1. The maximum absolute atomic E-state index is 13.7. The van der Waals surface area contributed by atoms with Gasteiger partial charge in [-0.25, -0.2) is 8.78 Å². The van der Waals surface area contributed by atoms with Gasteiger partial charge in [-0.2, -0.15) is 0 Å². The van der Waals surface area contributed by atoms with Gasteiger partial charge in [0, 0.05) is 23.3 Å². The average molecular weight is 356 g/mol. The van der Waals surface area contributed by atoms with Gasteiger partial charge in [-0.15, -0.1) is 0 Å². The lowest BCUT2D eigenvalue weighted by molar-refractivity contribution is 0.102. The van der Waals surface area contributed by atoms with E-state index in [1.807, 2.05) is 6.92 Å². The van der Waals surface area contributed by atoms with Crippen molar-refractivity contribution in [1.82, 2.24) is 4.98 Å². The van der Waals surface area contributed by atoms with Crippen molar-refractivity contribution < 1.29 is 13.6 Å². The Hall–Kier alpha value is -2.02. The molecule has 0 saturated carbocycles. The Bertz CT molecular complexity index is 656. The van der Waals surface area contributed by atoms with Crippen LogP contribution >= 0.6 is 15.9 Å². The molecule has 2 rings (SSSR count). The summed E-state index contributed by atoms with van der Waals surface area (Å²) in [7, 11) is 0. The van der Waals surface area contributed by atoms with Crippen molar-refractivity contribution in [3.8, 4) is 0 Å². The molecule has 0 unspecified atom stereocenters. The molecule has 0 aliphatic heterocycles. The first-order chi connectivity index (χ1) is 10.0. The Balaban J connectivity index is 2.31. The van der Waals surface area contributed by atoms with Crippen LogP contribution in [0.1, 0.15) is 17.3 Å². The number of carbonyl (C=O) groups is 1. The number of benzene rings is 1. The fourth-order valence-electron chi connectivity index (χ4n) is 1.77. The summed E-state index contributed by atoms with van der Waals surface area (Å²) in [6.07, 6.45) is 2.97. The number of carbonyl (C=O) groups excluding carboxylic acids is 1. The molecular weight excluding hydrogens is 344 g/mol. The van der Waals surface area contributed by atoms with Gasteiger partial charge in [-0.3, -0.25) is 9.78 Å². The second kappa shape index (κ2) is 6.62. The number of hydrogen-bond acceptors (Lipinski definition) is 3. The van der Waals surface area contributed by atoms with Crippen LogP contribution < -0.4 is 10.6 Å². The molecule has 7 heteroatoms. The van der Waals surface area contributed by atoms with Crippen LogP contribution in [0, 0.1) is 11.6 Å². The number of halogens is 3. The zero-order valence-corrected chi connectivity index (χ0v) is 12.7. The van der Waals surface area contributed by atoms with Crippen molar-refractivity contribution in [2.45, 2.75) is 6.92 Å². The third-order valence-corrected chi connectivity index (χ3v) is 3.30. The molecule has 0 bridgehead atoms. The minimum atomic E-state index is -0.853. The van der Waals surface area contributed by atoms with Crippen molar-refractivity contribution in [3.05, 3.63) is 52.3 Å². The highest BCUT2D eigenvalue weighted by atomic mass is 79.9. The molecule has 1 amide bonds. The molecule has 0 aliphatic carbocycles. The number of pyridine rings is 1. The van der Waals surface area contributed by atoms with E-state index in [-0.39, 0.29) is 10.2 Å². The highest BCUT2D eigenvalue weighted by Gasteiger charge is 2.16. The molecule has 0 atom stereocenters. The summed E-state index contributed by atoms with van der Waals surface area (Å²) in [6.45, 7) is 2.49. The van der Waals surface area contributed by atoms with Crippen LogP contribution in [0.15, 0.2) is 35.1 Å². The number of nitrogens with one attached hydrogen (secondary N) is 2. The minimum absolute atomic E-state index is 0.110. The fraction of sp³-hybridized carbons (Fsp3) is 0.143. The lowest BCUT2D eigenvalue weighted by Crippen LogP contribution is -2.16. The monoisotopic (exact) mass is 355 g/mol. The Morgan fingerprint density at radius 1 is 1.38 bits per heavy atom. The average Bonchev–Trinajstić information content (AvgIpc) is 2.43. The predicted octanol–water partition coefficient (Wildman–Crippen LogP) is 3.81. The van der Waals surface area contributed by atoms with Gasteiger partial charge in [0.05, 0.1) is 23.1 Å². The second-order valence-corrected chi connectivity index (χ2v) is 5.00. The van der Waals surface area contributed by atoms with Gasteiger partial charge < -0.3 is 10.6 Å². The molecule has 1 heterocycles. The minimum Gasteiger partial charge on any atom is -0.383 e. The standard InChI is InChI=1S/C14H12BrF2N3O/c1-2-19-12-7-18-4-3-9(12)14(21)20-13-10(15)5-8(16)6-11(13)17/h3-7,19H,2H2,1H3,(H,20,21). The van der Waals surface area contributed by atoms with E-state index in [1.54, 1.807) is 0 Å². The normalized spacial score (nSPS) is 10.3. The first-order valence-electron chi connectivity index (χ1n) is 6.16. The maximum atomic E-state index is 13.7. The molecule has 110 valence electrons. The van der Waals surface area contributed by atoms with Crippen LogP contribution in [0.2, 0.25) is 0 Å². The molecule has 2 aromatic rings. The first-order valence-corrected chi connectivity index (χ1v) is 6.96. The molecule has 0 aliphatic rings. The van der Waals surface area contributed by atoms with Crippen LogP contribution in [-0.4, -0.2) is 17.4 Å². The molecule has 21 heavy (non-hydrogen) atoms. The Morgan fingerprint density at radius 2 is 2.14 bits per heavy atom. The van der Waals surface area contributed by atoms with E-state index in [9.17, 15) is 13.6 Å². The summed E-state index contributed by atoms with van der Waals surface area (Å²) in [6, 6.07) is 3.30. The summed E-state index contributed by atoms with van der Waals surface area (Å²) >= 11 is 3.03. The van der Waals surface area contributed by atoms with Gasteiger partial charge in [0.15, 0.2) is 5.82 Å². The lowest BCUT2D eigenvalue weighted by Gasteiger charge is -2.12. The Kier molecular flexibility index (Phi) is 4.85. The van der Waals surface area contributed by atoms with E-state index in [4.69, 9.17) is 0 Å².